The molecule has 0 bridgehead atoms. The number of rotatable bonds is 18. The zero-order valence-corrected chi connectivity index (χ0v) is 50.8. The minimum absolute atomic E-state index is 0.0422. The van der Waals surface area contributed by atoms with E-state index in [0.29, 0.717) is 50.7 Å². The summed E-state index contributed by atoms with van der Waals surface area (Å²) in [4.78, 5) is 125. The van der Waals surface area contributed by atoms with E-state index in [1.165, 1.54) is 90.2 Å². The number of fused-ring (bicyclic) bond motifs is 2. The number of likely N-dealkylation sites (tertiary alicyclic amines) is 2. The Morgan fingerprint density at radius 2 is 0.976 bits per heavy atom. The summed E-state index contributed by atoms with van der Waals surface area (Å²) in [5.41, 5.74) is 1.22. The van der Waals surface area contributed by atoms with Crippen molar-refractivity contribution in [1.82, 2.24) is 50.0 Å². The number of hydrogen-bond acceptors (Lipinski definition) is 12. The third-order valence-corrected chi connectivity index (χ3v) is 14.9. The number of aromatic nitrogens is 2. The van der Waals surface area contributed by atoms with Crippen molar-refractivity contribution in [3.05, 3.63) is 59.2 Å². The van der Waals surface area contributed by atoms with Gasteiger partial charge < -0.3 is 59.1 Å². The minimum Gasteiger partial charge on any atom is -0.444 e. The Morgan fingerprint density at radius 1 is 0.602 bits per heavy atom. The number of carbonyl (C=O) groups is 8. The number of halogens is 2. The van der Waals surface area contributed by atoms with Gasteiger partial charge in [-0.1, -0.05) is 20.3 Å². The van der Waals surface area contributed by atoms with Crippen LogP contribution in [0.2, 0.25) is 0 Å². The molecule has 4 aromatic rings. The van der Waals surface area contributed by atoms with Gasteiger partial charge in [0.2, 0.25) is 23.6 Å². The zero-order valence-electron chi connectivity index (χ0n) is 50.8. The van der Waals surface area contributed by atoms with Gasteiger partial charge in [0, 0.05) is 89.0 Å². The predicted molar refractivity (Wildman–Crippen MR) is 307 cm³/mol. The Hall–Kier alpha value is -7.66. The Labute approximate surface area is 484 Å². The van der Waals surface area contributed by atoms with Gasteiger partial charge in [-0.2, -0.15) is 0 Å². The molecular formula is C59H84F2N10O12. The first-order chi connectivity index (χ1) is 38.7. The van der Waals surface area contributed by atoms with Gasteiger partial charge in [0.05, 0.1) is 24.5 Å². The van der Waals surface area contributed by atoms with Crippen molar-refractivity contribution in [2.24, 2.45) is 0 Å². The van der Waals surface area contributed by atoms with E-state index in [1.807, 2.05) is 6.92 Å². The summed E-state index contributed by atoms with van der Waals surface area (Å²) in [6, 6.07) is 2.88. The van der Waals surface area contributed by atoms with E-state index in [1.54, 1.807) is 70.4 Å². The van der Waals surface area contributed by atoms with Crippen LogP contribution in [0.25, 0.3) is 33.2 Å². The monoisotopic (exact) mass is 1160 g/mol. The van der Waals surface area contributed by atoms with Gasteiger partial charge in [-0.15, -0.1) is 0 Å². The highest BCUT2D eigenvalue weighted by Crippen LogP contribution is 2.40. The van der Waals surface area contributed by atoms with Crippen LogP contribution in [0.15, 0.2) is 36.4 Å². The largest absolute Gasteiger partial charge is 0.444 e. The van der Waals surface area contributed by atoms with Crippen LogP contribution < -0.4 is 10.6 Å². The molecule has 24 heteroatoms. The maximum atomic E-state index is 15.3. The molecule has 2 aliphatic rings. The fourth-order valence-corrected chi connectivity index (χ4v) is 10.3. The Bertz CT molecular complexity index is 3060. The second-order valence-electron chi connectivity index (χ2n) is 24.2. The summed E-state index contributed by atoms with van der Waals surface area (Å²) in [6.07, 6.45) is -2.97. The molecule has 0 unspecified atom stereocenters. The quantitative estimate of drug-likeness (QED) is 0.0700. The normalized spacial score (nSPS) is 18.7. The van der Waals surface area contributed by atoms with Gasteiger partial charge in [0.1, 0.15) is 59.2 Å². The Kier molecular flexibility index (Phi) is 20.4. The number of benzene rings is 2. The molecule has 0 aliphatic carbocycles. The molecule has 83 heavy (non-hydrogen) atoms. The van der Waals surface area contributed by atoms with Crippen molar-refractivity contribution >= 4 is 69.8 Å². The topological polar surface area (TPSA) is 249 Å². The van der Waals surface area contributed by atoms with Gasteiger partial charge in [0.25, 0.3) is 0 Å². The van der Waals surface area contributed by atoms with Crippen LogP contribution in [0.3, 0.4) is 0 Å². The molecule has 6 rings (SSSR count). The molecule has 2 fully saturated rings. The lowest BCUT2D eigenvalue weighted by Crippen LogP contribution is -2.55. The van der Waals surface area contributed by atoms with Crippen molar-refractivity contribution < 1.29 is 66.1 Å². The molecule has 2 saturated heterocycles. The number of nitrogens with one attached hydrogen (secondary N) is 4. The molecule has 2 aromatic carbocycles. The Balaban J connectivity index is 1.42. The van der Waals surface area contributed by atoms with E-state index in [-0.39, 0.29) is 51.6 Å². The SMILES string of the molecule is CCC[C@H](NC(=O)[C@H](C)N(C)C(=O)OC(C)(C)C)C(=O)N1C[C@@H](OC(=O)N(C)C)C[C@H]1Cc1c(-c2[nH]c3cc(F)ccc3c2C[C@@H]2C[C@H](OC(=O)N(C)C)CN2C(=O)[C@H](CC)NC(=O)[C@H](C)N(C)C(=O)OC(C)(C)C)[nH]c2cc(F)ccc12. The Morgan fingerprint density at radius 3 is 1.33 bits per heavy atom. The van der Waals surface area contributed by atoms with Crippen LogP contribution >= 0.6 is 0 Å². The number of ether oxygens (including phenoxy) is 4. The van der Waals surface area contributed by atoms with Gasteiger partial charge in [-0.3, -0.25) is 29.0 Å². The second kappa shape index (κ2) is 26.3. The first-order valence-corrected chi connectivity index (χ1v) is 28.2. The lowest BCUT2D eigenvalue weighted by molar-refractivity contribution is -0.138. The van der Waals surface area contributed by atoms with E-state index >= 15 is 13.6 Å². The van der Waals surface area contributed by atoms with E-state index in [2.05, 4.69) is 20.6 Å². The molecule has 0 radical (unpaired) electrons. The molecule has 2 aromatic heterocycles. The number of H-pyrrole nitrogens is 2. The lowest BCUT2D eigenvalue weighted by Gasteiger charge is -2.32. The van der Waals surface area contributed by atoms with Gasteiger partial charge in [0.15, 0.2) is 0 Å². The first kappa shape index (κ1) is 64.5. The zero-order chi connectivity index (χ0) is 61.7. The van der Waals surface area contributed by atoms with Crippen molar-refractivity contribution in [3.8, 4) is 11.4 Å². The van der Waals surface area contributed by atoms with Crippen molar-refractivity contribution in [1.29, 1.82) is 0 Å². The maximum Gasteiger partial charge on any atom is 0.410 e. The molecule has 0 saturated carbocycles. The third kappa shape index (κ3) is 15.7. The molecule has 22 nitrogen and oxygen atoms in total. The minimum atomic E-state index is -1.08. The number of hydrogen-bond donors (Lipinski definition) is 4. The van der Waals surface area contributed by atoms with Crippen LogP contribution in [-0.2, 0) is 51.0 Å². The molecule has 4 heterocycles. The fourth-order valence-electron chi connectivity index (χ4n) is 10.3. The second-order valence-corrected chi connectivity index (χ2v) is 24.2. The van der Waals surface area contributed by atoms with Gasteiger partial charge >= 0.3 is 24.4 Å². The van der Waals surface area contributed by atoms with E-state index in [4.69, 9.17) is 18.9 Å². The number of aromatic amines is 2. The highest BCUT2D eigenvalue weighted by atomic mass is 19.1. The summed E-state index contributed by atoms with van der Waals surface area (Å²) in [5.74, 6) is -3.24. The summed E-state index contributed by atoms with van der Waals surface area (Å²) < 4.78 is 53.5. The highest BCUT2D eigenvalue weighted by molar-refractivity contribution is 5.97. The molecular weight excluding hydrogens is 1080 g/mol. The summed E-state index contributed by atoms with van der Waals surface area (Å²) in [5, 5.41) is 6.86. The van der Waals surface area contributed by atoms with Gasteiger partial charge in [-0.05, 0) is 129 Å². The molecule has 2 aliphatic heterocycles. The molecule has 8 amide bonds. The van der Waals surface area contributed by atoms with E-state index in [0.717, 1.165) is 9.80 Å². The van der Waals surface area contributed by atoms with E-state index in [9.17, 15) is 33.6 Å². The number of carbonyl (C=O) groups excluding carboxylic acids is 8. The van der Waals surface area contributed by atoms with Crippen LogP contribution in [0.1, 0.15) is 112 Å². The third-order valence-electron chi connectivity index (χ3n) is 14.9. The molecule has 456 valence electrons. The summed E-state index contributed by atoms with van der Waals surface area (Å²) >= 11 is 0. The van der Waals surface area contributed by atoms with Crippen LogP contribution in [0, 0.1) is 11.6 Å². The van der Waals surface area contributed by atoms with Crippen molar-refractivity contribution in [2.75, 3.05) is 55.4 Å². The molecule has 4 N–H and O–H groups in total. The smallest absolute Gasteiger partial charge is 0.410 e. The number of nitrogens with zero attached hydrogens (tertiary/aromatic N) is 6. The van der Waals surface area contributed by atoms with E-state index < -0.39 is 119 Å². The van der Waals surface area contributed by atoms with Gasteiger partial charge in [-0.25, -0.2) is 28.0 Å². The molecule has 0 spiro atoms. The highest BCUT2D eigenvalue weighted by Gasteiger charge is 2.44. The number of amides is 8. The lowest BCUT2D eigenvalue weighted by atomic mass is 9.94. The van der Waals surface area contributed by atoms with Crippen LogP contribution in [-0.4, -0.2) is 202 Å². The number of likely N-dealkylation sites (N-methyl/N-ethyl adjacent to an activating group) is 2. The molecule has 8 atom stereocenters. The maximum absolute atomic E-state index is 15.3. The fraction of sp³-hybridized carbons (Fsp3) is 0.593. The standard InChI is InChI=1S/C59H84F2N10O12/c1-17-19-45(65-51(73)33(4)69(16)57(79)83-59(8,9)10)53(75)71-31-39(81-55(77)67(13)14)27-37(71)29-43-41-23-21-35(61)25-47(41)63-49(43)48-42(40-22-20-34(60)24-46(40)62-48)28-36-26-38(80-54(76)66(11)12)30-70(36)52(74)44(18-2)64-50(72)32(3)68(15)56(78)82-58(5,6)7/h20-25,32-33,36-39,44-45,62-63H,17-19,26-31H2,1-16H3,(H,64,72)(H,65,73)/t32-,33-,36-,37-,38-,39-,44-,45-/m0/s1. The average Bonchev–Trinajstić information content (AvgIpc) is 3.83. The predicted octanol–water partition coefficient (Wildman–Crippen LogP) is 7.71. The average molecular weight is 1160 g/mol. The summed E-state index contributed by atoms with van der Waals surface area (Å²) in [7, 11) is 9.00. The first-order valence-electron chi connectivity index (χ1n) is 28.2. The van der Waals surface area contributed by atoms with Crippen LogP contribution in [0.4, 0.5) is 28.0 Å². The van der Waals surface area contributed by atoms with Crippen molar-refractivity contribution in [3.63, 3.8) is 0 Å². The van der Waals surface area contributed by atoms with Crippen LogP contribution in [0.5, 0.6) is 0 Å². The summed E-state index contributed by atoms with van der Waals surface area (Å²) in [6.45, 7) is 16.8. The van der Waals surface area contributed by atoms with Crippen molar-refractivity contribution in [2.45, 2.75) is 174 Å².